The summed E-state index contributed by atoms with van der Waals surface area (Å²) in [6.07, 6.45) is 8.22. The maximum Gasteiger partial charge on any atom is 0.123 e. The molecule has 0 amide bonds. The minimum atomic E-state index is 0.693. The molecule has 1 aliphatic carbocycles. The van der Waals surface area contributed by atoms with Crippen molar-refractivity contribution in [2.24, 2.45) is 5.92 Å². The molecule has 0 saturated heterocycles. The van der Waals surface area contributed by atoms with Gasteiger partial charge in [0.15, 0.2) is 0 Å². The SMILES string of the molecule is CCCC1CCC(NCc2ccccc2OC)CC1. The van der Waals surface area contributed by atoms with Gasteiger partial charge in [0.1, 0.15) is 5.75 Å². The van der Waals surface area contributed by atoms with Gasteiger partial charge in [0, 0.05) is 18.2 Å². The van der Waals surface area contributed by atoms with Gasteiger partial charge < -0.3 is 10.1 Å². The van der Waals surface area contributed by atoms with E-state index in [2.05, 4.69) is 24.4 Å². The second kappa shape index (κ2) is 7.54. The minimum Gasteiger partial charge on any atom is -0.496 e. The summed E-state index contributed by atoms with van der Waals surface area (Å²) in [6.45, 7) is 3.22. The summed E-state index contributed by atoms with van der Waals surface area (Å²) in [5, 5.41) is 3.70. The minimum absolute atomic E-state index is 0.693. The fraction of sp³-hybridized carbons (Fsp3) is 0.647. The highest BCUT2D eigenvalue weighted by Gasteiger charge is 2.20. The highest BCUT2D eigenvalue weighted by Crippen LogP contribution is 2.28. The molecule has 0 bridgehead atoms. The summed E-state index contributed by atoms with van der Waals surface area (Å²) in [5.41, 5.74) is 1.26. The molecule has 0 aliphatic heterocycles. The average Bonchev–Trinajstić information content (AvgIpc) is 2.47. The van der Waals surface area contributed by atoms with Crippen molar-refractivity contribution in [3.05, 3.63) is 29.8 Å². The summed E-state index contributed by atoms with van der Waals surface area (Å²) in [7, 11) is 1.74. The van der Waals surface area contributed by atoms with Crippen LogP contribution >= 0.6 is 0 Å². The van der Waals surface area contributed by atoms with E-state index in [0.29, 0.717) is 6.04 Å². The zero-order chi connectivity index (χ0) is 13.5. The fourth-order valence-electron chi connectivity index (χ4n) is 3.17. The van der Waals surface area contributed by atoms with E-state index in [-0.39, 0.29) is 0 Å². The molecule has 1 fully saturated rings. The highest BCUT2D eigenvalue weighted by atomic mass is 16.5. The van der Waals surface area contributed by atoms with Crippen LogP contribution in [0.15, 0.2) is 24.3 Å². The number of hydrogen-bond acceptors (Lipinski definition) is 2. The number of benzene rings is 1. The number of para-hydroxylation sites is 1. The summed E-state index contributed by atoms with van der Waals surface area (Å²) >= 11 is 0. The molecule has 1 saturated carbocycles. The molecular weight excluding hydrogens is 234 g/mol. The van der Waals surface area contributed by atoms with Gasteiger partial charge in [-0.05, 0) is 37.7 Å². The summed E-state index contributed by atoms with van der Waals surface area (Å²) in [5.74, 6) is 1.98. The Kier molecular flexibility index (Phi) is 5.71. The van der Waals surface area contributed by atoms with Crippen LogP contribution in [0.1, 0.15) is 51.0 Å². The van der Waals surface area contributed by atoms with Gasteiger partial charge >= 0.3 is 0 Å². The van der Waals surface area contributed by atoms with Crippen molar-refractivity contribution < 1.29 is 4.74 Å². The molecular formula is C17H27NO. The number of nitrogens with one attached hydrogen (secondary N) is 1. The van der Waals surface area contributed by atoms with Gasteiger partial charge in [-0.3, -0.25) is 0 Å². The maximum absolute atomic E-state index is 5.39. The molecule has 1 aromatic carbocycles. The Balaban J connectivity index is 1.77. The lowest BCUT2D eigenvalue weighted by Gasteiger charge is -2.29. The first kappa shape index (κ1) is 14.4. The van der Waals surface area contributed by atoms with Crippen molar-refractivity contribution in [2.75, 3.05) is 7.11 Å². The zero-order valence-corrected chi connectivity index (χ0v) is 12.3. The van der Waals surface area contributed by atoms with Crippen molar-refractivity contribution in [1.82, 2.24) is 5.32 Å². The predicted molar refractivity (Wildman–Crippen MR) is 80.5 cm³/mol. The standard InChI is InChI=1S/C17H27NO/c1-3-6-14-9-11-16(12-10-14)18-13-15-7-4-5-8-17(15)19-2/h4-5,7-8,14,16,18H,3,6,9-13H2,1-2H3. The van der Waals surface area contributed by atoms with Crippen LogP contribution in [0.2, 0.25) is 0 Å². The molecule has 1 aromatic rings. The van der Waals surface area contributed by atoms with Crippen molar-refractivity contribution in [2.45, 2.75) is 58.0 Å². The van der Waals surface area contributed by atoms with E-state index in [0.717, 1.165) is 18.2 Å². The summed E-state index contributed by atoms with van der Waals surface area (Å²) in [6, 6.07) is 8.98. The van der Waals surface area contributed by atoms with E-state index in [1.165, 1.54) is 44.1 Å². The Bertz CT molecular complexity index is 369. The van der Waals surface area contributed by atoms with Gasteiger partial charge in [0.25, 0.3) is 0 Å². The molecule has 2 heteroatoms. The lowest BCUT2D eigenvalue weighted by Crippen LogP contribution is -2.32. The molecule has 106 valence electrons. The Morgan fingerprint density at radius 1 is 1.16 bits per heavy atom. The number of ether oxygens (including phenoxy) is 1. The predicted octanol–water partition coefficient (Wildman–Crippen LogP) is 4.14. The normalized spacial score (nSPS) is 23.3. The molecule has 0 unspecified atom stereocenters. The molecule has 0 aromatic heterocycles. The third kappa shape index (κ3) is 4.24. The van der Waals surface area contributed by atoms with Crippen LogP contribution in [0.3, 0.4) is 0 Å². The molecule has 0 atom stereocenters. The number of methoxy groups -OCH3 is 1. The van der Waals surface area contributed by atoms with E-state index in [9.17, 15) is 0 Å². The second-order valence-electron chi connectivity index (χ2n) is 5.70. The quantitative estimate of drug-likeness (QED) is 0.831. The van der Waals surface area contributed by atoms with Crippen molar-refractivity contribution >= 4 is 0 Å². The molecule has 1 N–H and O–H groups in total. The topological polar surface area (TPSA) is 21.3 Å². The van der Waals surface area contributed by atoms with Crippen LogP contribution < -0.4 is 10.1 Å². The molecule has 19 heavy (non-hydrogen) atoms. The van der Waals surface area contributed by atoms with Gasteiger partial charge in [-0.1, -0.05) is 38.0 Å². The van der Waals surface area contributed by atoms with Gasteiger partial charge in [-0.25, -0.2) is 0 Å². The summed E-state index contributed by atoms with van der Waals surface area (Å²) < 4.78 is 5.39. The van der Waals surface area contributed by atoms with E-state index in [1.807, 2.05) is 12.1 Å². The molecule has 1 aliphatic rings. The molecule has 2 nitrogen and oxygen atoms in total. The van der Waals surface area contributed by atoms with Gasteiger partial charge in [-0.2, -0.15) is 0 Å². The molecule has 0 spiro atoms. The average molecular weight is 261 g/mol. The van der Waals surface area contributed by atoms with Crippen LogP contribution in [0.5, 0.6) is 5.75 Å². The van der Waals surface area contributed by atoms with E-state index < -0.39 is 0 Å². The summed E-state index contributed by atoms with van der Waals surface area (Å²) in [4.78, 5) is 0. The molecule has 0 heterocycles. The van der Waals surface area contributed by atoms with Crippen LogP contribution in [0.4, 0.5) is 0 Å². The first-order valence-corrected chi connectivity index (χ1v) is 7.68. The van der Waals surface area contributed by atoms with Gasteiger partial charge in [-0.15, -0.1) is 0 Å². The lowest BCUT2D eigenvalue weighted by atomic mass is 9.83. The molecule has 0 radical (unpaired) electrons. The first-order chi connectivity index (χ1) is 9.33. The smallest absolute Gasteiger partial charge is 0.123 e. The van der Waals surface area contributed by atoms with Crippen LogP contribution in [0, 0.1) is 5.92 Å². The maximum atomic E-state index is 5.39. The number of rotatable bonds is 6. The van der Waals surface area contributed by atoms with Crippen LogP contribution in [-0.2, 0) is 6.54 Å². The third-order valence-corrected chi connectivity index (χ3v) is 4.32. The van der Waals surface area contributed by atoms with E-state index >= 15 is 0 Å². The van der Waals surface area contributed by atoms with Gasteiger partial charge in [0.05, 0.1) is 7.11 Å². The Morgan fingerprint density at radius 3 is 2.58 bits per heavy atom. The largest absolute Gasteiger partial charge is 0.496 e. The van der Waals surface area contributed by atoms with Crippen molar-refractivity contribution in [1.29, 1.82) is 0 Å². The van der Waals surface area contributed by atoms with E-state index in [1.54, 1.807) is 7.11 Å². The Hall–Kier alpha value is -1.02. The molecule has 2 rings (SSSR count). The Labute approximate surface area is 117 Å². The lowest BCUT2D eigenvalue weighted by molar-refractivity contribution is 0.277. The van der Waals surface area contributed by atoms with Crippen LogP contribution in [-0.4, -0.2) is 13.2 Å². The van der Waals surface area contributed by atoms with Crippen molar-refractivity contribution in [3.63, 3.8) is 0 Å². The monoisotopic (exact) mass is 261 g/mol. The van der Waals surface area contributed by atoms with E-state index in [4.69, 9.17) is 4.74 Å². The van der Waals surface area contributed by atoms with Gasteiger partial charge in [0.2, 0.25) is 0 Å². The number of hydrogen-bond donors (Lipinski definition) is 1. The third-order valence-electron chi connectivity index (χ3n) is 4.32. The zero-order valence-electron chi connectivity index (χ0n) is 12.3. The highest BCUT2D eigenvalue weighted by molar-refractivity contribution is 5.33. The Morgan fingerprint density at radius 2 is 1.89 bits per heavy atom. The van der Waals surface area contributed by atoms with Crippen molar-refractivity contribution in [3.8, 4) is 5.75 Å². The van der Waals surface area contributed by atoms with Crippen LogP contribution in [0.25, 0.3) is 0 Å². The first-order valence-electron chi connectivity index (χ1n) is 7.68. The fourth-order valence-corrected chi connectivity index (χ4v) is 3.17. The second-order valence-corrected chi connectivity index (χ2v) is 5.70.